The fourth-order valence-electron chi connectivity index (χ4n) is 1.38. The average Bonchev–Trinajstić information content (AvgIpc) is 1.91. The molecular formula is C11H19NO2. The van der Waals surface area contributed by atoms with E-state index in [2.05, 4.69) is 6.08 Å². The van der Waals surface area contributed by atoms with Gasteiger partial charge in [-0.05, 0) is 27.7 Å². The Balaban J connectivity index is 2.30. The van der Waals surface area contributed by atoms with Crippen LogP contribution in [-0.4, -0.2) is 29.7 Å². The van der Waals surface area contributed by atoms with Crippen molar-refractivity contribution in [1.29, 1.82) is 0 Å². The van der Waals surface area contributed by atoms with Crippen molar-refractivity contribution in [1.82, 2.24) is 4.90 Å². The number of ether oxygens (including phenoxy) is 1. The number of carbonyl (C=O) groups is 1. The summed E-state index contributed by atoms with van der Waals surface area (Å²) in [5, 5.41) is 0. The number of hydrogen-bond donors (Lipinski definition) is 0. The van der Waals surface area contributed by atoms with Gasteiger partial charge in [-0.2, -0.15) is 0 Å². The molecule has 0 aromatic carbocycles. The molecule has 3 nitrogen and oxygen atoms in total. The Kier molecular flexibility index (Phi) is 3.19. The van der Waals surface area contributed by atoms with Crippen molar-refractivity contribution >= 4 is 6.09 Å². The van der Waals surface area contributed by atoms with Crippen molar-refractivity contribution in [3.05, 3.63) is 12.2 Å². The zero-order chi connectivity index (χ0) is 10.8. The smallest absolute Gasteiger partial charge is 0.410 e. The van der Waals surface area contributed by atoms with E-state index < -0.39 is 0 Å². The Bertz CT molecular complexity index is 234. The molecule has 1 saturated heterocycles. The molecule has 0 radical (unpaired) electrons. The second-order valence-electron chi connectivity index (χ2n) is 4.67. The van der Waals surface area contributed by atoms with E-state index in [1.54, 1.807) is 4.90 Å². The fraction of sp³-hybridized carbons (Fsp3) is 0.727. The van der Waals surface area contributed by atoms with E-state index in [0.29, 0.717) is 5.92 Å². The summed E-state index contributed by atoms with van der Waals surface area (Å²) in [4.78, 5) is 13.2. The van der Waals surface area contributed by atoms with Gasteiger partial charge < -0.3 is 9.64 Å². The summed E-state index contributed by atoms with van der Waals surface area (Å²) in [5.74, 6) is 0.521. The van der Waals surface area contributed by atoms with Crippen LogP contribution in [0.1, 0.15) is 27.7 Å². The van der Waals surface area contributed by atoms with Crippen molar-refractivity contribution in [2.24, 2.45) is 5.92 Å². The van der Waals surface area contributed by atoms with Crippen LogP contribution in [0.2, 0.25) is 0 Å². The van der Waals surface area contributed by atoms with Crippen LogP contribution < -0.4 is 0 Å². The van der Waals surface area contributed by atoms with Crippen LogP contribution >= 0.6 is 0 Å². The van der Waals surface area contributed by atoms with Gasteiger partial charge in [0.15, 0.2) is 0 Å². The molecule has 3 heteroatoms. The number of carbonyl (C=O) groups excluding carboxylic acids is 1. The van der Waals surface area contributed by atoms with E-state index in [9.17, 15) is 4.79 Å². The summed E-state index contributed by atoms with van der Waals surface area (Å²) in [7, 11) is 0. The molecule has 80 valence electrons. The summed E-state index contributed by atoms with van der Waals surface area (Å²) >= 11 is 0. The van der Waals surface area contributed by atoms with E-state index in [1.807, 2.05) is 33.8 Å². The molecular weight excluding hydrogens is 178 g/mol. The maximum Gasteiger partial charge on any atom is 0.410 e. The van der Waals surface area contributed by atoms with E-state index in [-0.39, 0.29) is 11.7 Å². The van der Waals surface area contributed by atoms with Gasteiger partial charge in [-0.25, -0.2) is 4.79 Å². The quantitative estimate of drug-likeness (QED) is 0.604. The standard InChI is InChI=1S/C11H19NO2/c1-5-6-9-7-12(8-9)10(13)14-11(2,3)4/h5-6,9H,7-8H2,1-4H3/b6-5-. The summed E-state index contributed by atoms with van der Waals surface area (Å²) < 4.78 is 5.23. The molecule has 0 aliphatic carbocycles. The molecule has 0 saturated carbocycles. The molecule has 0 spiro atoms. The number of hydrogen-bond acceptors (Lipinski definition) is 2. The van der Waals surface area contributed by atoms with Crippen LogP contribution in [0.5, 0.6) is 0 Å². The summed E-state index contributed by atoms with van der Waals surface area (Å²) in [6.07, 6.45) is 3.95. The normalized spacial score (nSPS) is 18.4. The van der Waals surface area contributed by atoms with Gasteiger partial charge in [-0.3, -0.25) is 0 Å². The molecule has 0 aromatic heterocycles. The van der Waals surface area contributed by atoms with Gasteiger partial charge in [0.2, 0.25) is 0 Å². The maximum absolute atomic E-state index is 11.5. The van der Waals surface area contributed by atoms with Crippen LogP contribution in [0.4, 0.5) is 4.79 Å². The monoisotopic (exact) mass is 197 g/mol. The van der Waals surface area contributed by atoms with E-state index in [1.165, 1.54) is 0 Å². The molecule has 1 aliphatic rings. The average molecular weight is 197 g/mol. The SMILES string of the molecule is C/C=C\C1CN(C(=O)OC(C)(C)C)C1. The lowest BCUT2D eigenvalue weighted by molar-refractivity contribution is 0.00491. The molecule has 14 heavy (non-hydrogen) atoms. The third-order valence-corrected chi connectivity index (χ3v) is 2.03. The predicted octanol–water partition coefficient (Wildman–Crippen LogP) is 2.43. The predicted molar refractivity (Wildman–Crippen MR) is 56.1 cm³/mol. The van der Waals surface area contributed by atoms with Crippen LogP contribution in [0.15, 0.2) is 12.2 Å². The Hall–Kier alpha value is -0.990. The topological polar surface area (TPSA) is 29.5 Å². The lowest BCUT2D eigenvalue weighted by Gasteiger charge is -2.38. The van der Waals surface area contributed by atoms with E-state index >= 15 is 0 Å². The van der Waals surface area contributed by atoms with Crippen LogP contribution in [0.25, 0.3) is 0 Å². The maximum atomic E-state index is 11.5. The van der Waals surface area contributed by atoms with Gasteiger partial charge in [0, 0.05) is 19.0 Å². The fourth-order valence-corrected chi connectivity index (χ4v) is 1.38. The molecule has 0 bridgehead atoms. The first-order chi connectivity index (χ1) is 6.42. The van der Waals surface area contributed by atoms with Gasteiger partial charge in [0.05, 0.1) is 0 Å². The zero-order valence-corrected chi connectivity index (χ0v) is 9.41. The Morgan fingerprint density at radius 1 is 1.43 bits per heavy atom. The van der Waals surface area contributed by atoms with Crippen molar-refractivity contribution in [2.45, 2.75) is 33.3 Å². The van der Waals surface area contributed by atoms with Crippen LogP contribution in [0, 0.1) is 5.92 Å². The Morgan fingerprint density at radius 3 is 2.43 bits per heavy atom. The molecule has 0 aromatic rings. The highest BCUT2D eigenvalue weighted by atomic mass is 16.6. The van der Waals surface area contributed by atoms with E-state index in [4.69, 9.17) is 4.74 Å². The highest BCUT2D eigenvalue weighted by Crippen LogP contribution is 2.20. The van der Waals surface area contributed by atoms with Crippen molar-refractivity contribution in [2.75, 3.05) is 13.1 Å². The Labute approximate surface area is 85.7 Å². The molecule has 0 N–H and O–H groups in total. The minimum atomic E-state index is -0.386. The number of allylic oxidation sites excluding steroid dienone is 1. The van der Waals surface area contributed by atoms with Crippen molar-refractivity contribution < 1.29 is 9.53 Å². The number of amides is 1. The summed E-state index contributed by atoms with van der Waals surface area (Å²) in [6.45, 7) is 9.23. The summed E-state index contributed by atoms with van der Waals surface area (Å²) in [5.41, 5.74) is -0.386. The minimum Gasteiger partial charge on any atom is -0.444 e. The van der Waals surface area contributed by atoms with Crippen LogP contribution in [0.3, 0.4) is 0 Å². The molecule has 1 aliphatic heterocycles. The highest BCUT2D eigenvalue weighted by molar-refractivity contribution is 5.69. The van der Waals surface area contributed by atoms with Crippen molar-refractivity contribution in [3.8, 4) is 0 Å². The lowest BCUT2D eigenvalue weighted by atomic mass is 10.0. The van der Waals surface area contributed by atoms with Gasteiger partial charge in [0.1, 0.15) is 5.60 Å². The molecule has 1 fully saturated rings. The number of likely N-dealkylation sites (tertiary alicyclic amines) is 1. The second-order valence-corrected chi connectivity index (χ2v) is 4.67. The lowest BCUT2D eigenvalue weighted by Crippen LogP contribution is -2.50. The molecule has 1 rings (SSSR count). The first-order valence-corrected chi connectivity index (χ1v) is 5.03. The highest BCUT2D eigenvalue weighted by Gasteiger charge is 2.31. The zero-order valence-electron chi connectivity index (χ0n) is 9.41. The molecule has 1 amide bonds. The third-order valence-electron chi connectivity index (χ3n) is 2.03. The minimum absolute atomic E-state index is 0.196. The van der Waals surface area contributed by atoms with Crippen LogP contribution in [-0.2, 0) is 4.74 Å². The largest absolute Gasteiger partial charge is 0.444 e. The number of nitrogens with zero attached hydrogens (tertiary/aromatic N) is 1. The molecule has 1 heterocycles. The van der Waals surface area contributed by atoms with Gasteiger partial charge in [0.25, 0.3) is 0 Å². The first kappa shape index (κ1) is 11.1. The van der Waals surface area contributed by atoms with Gasteiger partial charge in [-0.15, -0.1) is 0 Å². The molecule has 0 atom stereocenters. The van der Waals surface area contributed by atoms with E-state index in [0.717, 1.165) is 13.1 Å². The summed E-state index contributed by atoms with van der Waals surface area (Å²) in [6, 6.07) is 0. The van der Waals surface area contributed by atoms with Gasteiger partial charge in [-0.1, -0.05) is 12.2 Å². The number of rotatable bonds is 1. The Morgan fingerprint density at radius 2 is 2.00 bits per heavy atom. The molecule has 0 unspecified atom stereocenters. The van der Waals surface area contributed by atoms with Gasteiger partial charge >= 0.3 is 6.09 Å². The third kappa shape index (κ3) is 3.05. The second kappa shape index (κ2) is 4.03. The first-order valence-electron chi connectivity index (χ1n) is 5.03. The van der Waals surface area contributed by atoms with Crippen molar-refractivity contribution in [3.63, 3.8) is 0 Å².